The lowest BCUT2D eigenvalue weighted by Crippen LogP contribution is -2.41. The summed E-state index contributed by atoms with van der Waals surface area (Å²) in [5, 5.41) is 0. The summed E-state index contributed by atoms with van der Waals surface area (Å²) < 4.78 is 6.43. The fraction of sp³-hybridized carbons (Fsp3) is 0.857. The Morgan fingerprint density at radius 2 is 2.17 bits per heavy atom. The summed E-state index contributed by atoms with van der Waals surface area (Å²) in [6, 6.07) is -0.561. The van der Waals surface area contributed by atoms with Crippen LogP contribution in [0, 0.1) is 0 Å². The molecule has 0 aromatic heterocycles. The summed E-state index contributed by atoms with van der Waals surface area (Å²) in [6.45, 7) is 3.99. The Balaban J connectivity index is 3.88. The summed E-state index contributed by atoms with van der Waals surface area (Å²) in [6.07, 6.45) is 0.0727. The van der Waals surface area contributed by atoms with Crippen LogP contribution in [0.3, 0.4) is 0 Å². The highest BCUT2D eigenvalue weighted by atomic mass is 35.5. The second-order valence-electron chi connectivity index (χ2n) is 2.83. The number of nitrogens with zero attached hydrogens (tertiary/aromatic N) is 1. The van der Waals surface area contributed by atoms with Crippen molar-refractivity contribution in [2.75, 3.05) is 13.7 Å². The van der Waals surface area contributed by atoms with Crippen molar-refractivity contribution < 1.29 is 9.53 Å². The first-order valence-electron chi connectivity index (χ1n) is 3.74. The molecule has 0 rings (SSSR count). The van der Waals surface area contributed by atoms with Crippen LogP contribution < -0.4 is 5.73 Å². The smallest absolute Gasteiger partial charge is 0.238 e. The standard InChI is InChI=1S/C7H15ClN2O2/c1-5(2)12-4-6(7(9)11)10(3)8/h5-6H,4H2,1-3H3,(H2,9,11)/t6-/m0/s1. The van der Waals surface area contributed by atoms with Gasteiger partial charge in [0.1, 0.15) is 6.04 Å². The third-order valence-electron chi connectivity index (χ3n) is 1.35. The minimum atomic E-state index is -0.561. The minimum absolute atomic E-state index is 0.0727. The van der Waals surface area contributed by atoms with Gasteiger partial charge in [-0.3, -0.25) is 4.79 Å². The van der Waals surface area contributed by atoms with Crippen LogP contribution in [0.1, 0.15) is 13.8 Å². The quantitative estimate of drug-likeness (QED) is 0.643. The molecule has 0 saturated heterocycles. The Labute approximate surface area is 77.7 Å². The zero-order valence-electron chi connectivity index (χ0n) is 7.58. The lowest BCUT2D eigenvalue weighted by atomic mass is 10.3. The predicted octanol–water partition coefficient (Wildman–Crippen LogP) is 0.351. The number of halogens is 1. The molecule has 1 atom stereocenters. The van der Waals surface area contributed by atoms with Gasteiger partial charge in [0, 0.05) is 7.05 Å². The van der Waals surface area contributed by atoms with Crippen molar-refractivity contribution in [1.82, 2.24) is 4.42 Å². The Bertz CT molecular complexity index is 150. The van der Waals surface area contributed by atoms with Gasteiger partial charge in [0.15, 0.2) is 0 Å². The second-order valence-corrected chi connectivity index (χ2v) is 3.36. The number of hydrogen-bond acceptors (Lipinski definition) is 3. The van der Waals surface area contributed by atoms with Crippen molar-refractivity contribution in [3.8, 4) is 0 Å². The van der Waals surface area contributed by atoms with E-state index in [1.807, 2.05) is 13.8 Å². The van der Waals surface area contributed by atoms with Crippen LogP contribution in [-0.4, -0.2) is 36.1 Å². The summed E-state index contributed by atoms with van der Waals surface area (Å²) in [5.41, 5.74) is 5.08. The Kier molecular flexibility index (Phi) is 5.20. The van der Waals surface area contributed by atoms with E-state index in [-0.39, 0.29) is 12.7 Å². The lowest BCUT2D eigenvalue weighted by molar-refractivity contribution is -0.123. The molecule has 0 spiro atoms. The predicted molar refractivity (Wildman–Crippen MR) is 47.7 cm³/mol. The van der Waals surface area contributed by atoms with E-state index in [0.29, 0.717) is 0 Å². The summed E-state index contributed by atoms with van der Waals surface area (Å²) in [4.78, 5) is 10.8. The topological polar surface area (TPSA) is 55.6 Å². The maximum absolute atomic E-state index is 10.8. The van der Waals surface area contributed by atoms with Crippen LogP contribution >= 0.6 is 11.8 Å². The van der Waals surface area contributed by atoms with Crippen LogP contribution in [0.5, 0.6) is 0 Å². The average Bonchev–Trinajstić information content (AvgIpc) is 1.84. The number of ether oxygens (including phenoxy) is 1. The zero-order chi connectivity index (χ0) is 9.72. The highest BCUT2D eigenvalue weighted by molar-refractivity contribution is 6.14. The van der Waals surface area contributed by atoms with Crippen molar-refractivity contribution >= 4 is 17.7 Å². The van der Waals surface area contributed by atoms with Crippen molar-refractivity contribution in [3.05, 3.63) is 0 Å². The van der Waals surface area contributed by atoms with E-state index in [2.05, 4.69) is 0 Å². The maximum Gasteiger partial charge on any atom is 0.238 e. The van der Waals surface area contributed by atoms with Crippen LogP contribution in [0.25, 0.3) is 0 Å². The van der Waals surface area contributed by atoms with Gasteiger partial charge in [-0.25, -0.2) is 4.42 Å². The van der Waals surface area contributed by atoms with Crippen molar-refractivity contribution in [2.24, 2.45) is 5.73 Å². The van der Waals surface area contributed by atoms with Crippen molar-refractivity contribution in [1.29, 1.82) is 0 Å². The summed E-state index contributed by atoms with van der Waals surface area (Å²) in [5.74, 6) is -0.479. The highest BCUT2D eigenvalue weighted by Gasteiger charge is 2.19. The molecular formula is C7H15ClN2O2. The Morgan fingerprint density at radius 3 is 2.42 bits per heavy atom. The molecule has 0 unspecified atom stereocenters. The molecule has 0 aromatic rings. The van der Waals surface area contributed by atoms with Gasteiger partial charge >= 0.3 is 0 Å². The normalized spacial score (nSPS) is 13.8. The number of amides is 1. The van der Waals surface area contributed by atoms with Crippen molar-refractivity contribution in [3.63, 3.8) is 0 Å². The summed E-state index contributed by atoms with van der Waals surface area (Å²) in [7, 11) is 1.57. The fourth-order valence-corrected chi connectivity index (χ4v) is 0.796. The molecule has 0 aliphatic heterocycles. The van der Waals surface area contributed by atoms with Crippen LogP contribution in [-0.2, 0) is 9.53 Å². The highest BCUT2D eigenvalue weighted by Crippen LogP contribution is 2.01. The number of likely N-dealkylation sites (N-methyl/N-ethyl adjacent to an activating group) is 1. The minimum Gasteiger partial charge on any atom is -0.377 e. The lowest BCUT2D eigenvalue weighted by Gasteiger charge is -2.19. The van der Waals surface area contributed by atoms with Crippen LogP contribution in [0.15, 0.2) is 0 Å². The third kappa shape index (κ3) is 4.54. The maximum atomic E-state index is 10.8. The van der Waals surface area contributed by atoms with E-state index in [4.69, 9.17) is 22.2 Å². The largest absolute Gasteiger partial charge is 0.377 e. The monoisotopic (exact) mass is 194 g/mol. The van der Waals surface area contributed by atoms with E-state index in [1.54, 1.807) is 7.05 Å². The number of carbonyl (C=O) groups excluding carboxylic acids is 1. The molecule has 0 aromatic carbocycles. The molecule has 0 radical (unpaired) electrons. The van der Waals surface area contributed by atoms with Gasteiger partial charge in [-0.1, -0.05) is 0 Å². The SMILES string of the molecule is CC(C)OC[C@@H](C(N)=O)N(C)Cl. The number of rotatable bonds is 5. The van der Waals surface area contributed by atoms with Gasteiger partial charge < -0.3 is 10.5 Å². The fourth-order valence-electron chi connectivity index (χ4n) is 0.644. The average molecular weight is 195 g/mol. The first kappa shape index (κ1) is 11.7. The van der Waals surface area contributed by atoms with E-state index in [0.717, 1.165) is 0 Å². The third-order valence-corrected chi connectivity index (χ3v) is 1.58. The Hall–Kier alpha value is -0.320. The van der Waals surface area contributed by atoms with Crippen LogP contribution in [0.2, 0.25) is 0 Å². The van der Waals surface area contributed by atoms with Gasteiger partial charge in [-0.2, -0.15) is 0 Å². The molecule has 4 nitrogen and oxygen atoms in total. The molecule has 0 aliphatic rings. The molecular weight excluding hydrogens is 180 g/mol. The molecule has 12 heavy (non-hydrogen) atoms. The van der Waals surface area contributed by atoms with E-state index in [9.17, 15) is 4.79 Å². The van der Waals surface area contributed by atoms with Crippen LogP contribution in [0.4, 0.5) is 0 Å². The molecule has 72 valence electrons. The van der Waals surface area contributed by atoms with Gasteiger partial charge in [0.2, 0.25) is 5.91 Å². The number of hydrogen-bond donors (Lipinski definition) is 1. The molecule has 0 saturated carbocycles. The van der Waals surface area contributed by atoms with Gasteiger partial charge in [0.25, 0.3) is 0 Å². The molecule has 2 N–H and O–H groups in total. The van der Waals surface area contributed by atoms with E-state index >= 15 is 0 Å². The van der Waals surface area contributed by atoms with Crippen molar-refractivity contribution in [2.45, 2.75) is 26.0 Å². The Morgan fingerprint density at radius 1 is 1.67 bits per heavy atom. The van der Waals surface area contributed by atoms with Gasteiger partial charge in [0.05, 0.1) is 12.7 Å². The first-order chi connectivity index (χ1) is 5.45. The van der Waals surface area contributed by atoms with Gasteiger partial charge in [-0.15, -0.1) is 0 Å². The molecule has 5 heteroatoms. The number of primary amides is 1. The molecule has 1 amide bonds. The van der Waals surface area contributed by atoms with E-state index < -0.39 is 11.9 Å². The molecule has 0 heterocycles. The summed E-state index contributed by atoms with van der Waals surface area (Å²) >= 11 is 5.57. The molecule has 0 fully saturated rings. The zero-order valence-corrected chi connectivity index (χ0v) is 8.34. The first-order valence-corrected chi connectivity index (χ1v) is 4.08. The second kappa shape index (κ2) is 5.35. The number of carbonyl (C=O) groups is 1. The molecule has 0 aliphatic carbocycles. The number of nitrogens with two attached hydrogens (primary N) is 1. The molecule has 0 bridgehead atoms. The van der Waals surface area contributed by atoms with E-state index in [1.165, 1.54) is 4.42 Å². The van der Waals surface area contributed by atoms with Gasteiger partial charge in [-0.05, 0) is 25.6 Å².